The zero-order chi connectivity index (χ0) is 6.27. The monoisotopic (exact) mass is 123 g/mol. The third kappa shape index (κ3) is 0.799. The van der Waals surface area contributed by atoms with Gasteiger partial charge in [-0.25, -0.2) is 0 Å². The van der Waals surface area contributed by atoms with Crippen LogP contribution in [0.5, 0.6) is 0 Å². The van der Waals surface area contributed by atoms with Crippen LogP contribution in [0.25, 0.3) is 0 Å². The van der Waals surface area contributed by atoms with Gasteiger partial charge in [0.2, 0.25) is 0 Å². The molecular weight excluding hydrogens is 110 g/mol. The van der Waals surface area contributed by atoms with Crippen LogP contribution in [0.15, 0.2) is 12.2 Å². The second-order valence-electron chi connectivity index (χ2n) is 3.08. The summed E-state index contributed by atoms with van der Waals surface area (Å²) in [5.74, 6) is 0. The van der Waals surface area contributed by atoms with Crippen LogP contribution >= 0.6 is 0 Å². The van der Waals surface area contributed by atoms with Crippen LogP contribution in [0.3, 0.4) is 0 Å². The molecule has 0 saturated carbocycles. The number of allylic oxidation sites excluding steroid dienone is 1. The Morgan fingerprint density at radius 1 is 1.33 bits per heavy atom. The van der Waals surface area contributed by atoms with Crippen molar-refractivity contribution in [3.05, 3.63) is 12.2 Å². The lowest BCUT2D eigenvalue weighted by atomic mass is 10.2. The molecule has 0 spiro atoms. The Balaban J connectivity index is 2.01. The summed E-state index contributed by atoms with van der Waals surface area (Å²) in [6, 6.07) is 1.84. The summed E-state index contributed by atoms with van der Waals surface area (Å²) in [4.78, 5) is 2.48. The number of likely N-dealkylation sites (N-methyl/N-ethyl adjacent to an activating group) is 1. The third-order valence-electron chi connectivity index (χ3n) is 2.57. The summed E-state index contributed by atoms with van der Waals surface area (Å²) in [7, 11) is 2.23. The van der Waals surface area contributed by atoms with Gasteiger partial charge in [-0.3, -0.25) is 4.90 Å². The van der Waals surface area contributed by atoms with E-state index >= 15 is 0 Å². The van der Waals surface area contributed by atoms with Crippen molar-refractivity contribution in [3.8, 4) is 0 Å². The number of hydrogen-bond acceptors (Lipinski definition) is 1. The maximum atomic E-state index is 2.48. The molecule has 0 amide bonds. The molecule has 0 aromatic rings. The van der Waals surface area contributed by atoms with Crippen LogP contribution in [0.4, 0.5) is 0 Å². The van der Waals surface area contributed by atoms with E-state index in [0.29, 0.717) is 0 Å². The third-order valence-corrected chi connectivity index (χ3v) is 2.57. The van der Waals surface area contributed by atoms with E-state index in [-0.39, 0.29) is 0 Å². The molecule has 1 aliphatic carbocycles. The SMILES string of the molecule is CN1C2CC=CCCC21. The number of rotatable bonds is 0. The molecule has 1 aliphatic heterocycles. The second-order valence-corrected chi connectivity index (χ2v) is 3.08. The molecule has 0 radical (unpaired) electrons. The summed E-state index contributed by atoms with van der Waals surface area (Å²) >= 11 is 0. The van der Waals surface area contributed by atoms with E-state index in [1.807, 2.05) is 0 Å². The quantitative estimate of drug-likeness (QED) is 0.347. The van der Waals surface area contributed by atoms with E-state index in [0.717, 1.165) is 12.1 Å². The van der Waals surface area contributed by atoms with Crippen LogP contribution in [-0.2, 0) is 0 Å². The molecule has 9 heavy (non-hydrogen) atoms. The van der Waals surface area contributed by atoms with Gasteiger partial charge in [0.1, 0.15) is 0 Å². The fourth-order valence-corrected chi connectivity index (χ4v) is 1.81. The summed E-state index contributed by atoms with van der Waals surface area (Å²) < 4.78 is 0. The highest BCUT2D eigenvalue weighted by Crippen LogP contribution is 2.34. The van der Waals surface area contributed by atoms with Gasteiger partial charge < -0.3 is 0 Å². The topological polar surface area (TPSA) is 3.01 Å². The van der Waals surface area contributed by atoms with Gasteiger partial charge >= 0.3 is 0 Å². The van der Waals surface area contributed by atoms with Crippen molar-refractivity contribution in [1.82, 2.24) is 4.90 Å². The minimum Gasteiger partial charge on any atom is -0.297 e. The summed E-state index contributed by atoms with van der Waals surface area (Å²) in [6.45, 7) is 0. The lowest BCUT2D eigenvalue weighted by molar-refractivity contribution is 0.562. The predicted octanol–water partition coefficient (Wildman–Crippen LogP) is 1.41. The molecule has 2 aliphatic rings. The van der Waals surface area contributed by atoms with Gasteiger partial charge in [0, 0.05) is 12.1 Å². The molecule has 1 fully saturated rings. The number of fused-ring (bicyclic) bond motifs is 1. The van der Waals surface area contributed by atoms with E-state index in [1.165, 1.54) is 19.3 Å². The summed E-state index contributed by atoms with van der Waals surface area (Å²) in [5.41, 5.74) is 0. The molecule has 3 atom stereocenters. The van der Waals surface area contributed by atoms with Crippen molar-refractivity contribution >= 4 is 0 Å². The van der Waals surface area contributed by atoms with Crippen LogP contribution in [0.2, 0.25) is 0 Å². The maximum absolute atomic E-state index is 2.48. The van der Waals surface area contributed by atoms with Gasteiger partial charge in [-0.05, 0) is 26.3 Å². The summed E-state index contributed by atoms with van der Waals surface area (Å²) in [5, 5.41) is 0. The average molecular weight is 123 g/mol. The molecular formula is C8H13N. The molecule has 50 valence electrons. The highest BCUT2D eigenvalue weighted by atomic mass is 15.3. The van der Waals surface area contributed by atoms with Crippen LogP contribution < -0.4 is 0 Å². The van der Waals surface area contributed by atoms with Gasteiger partial charge in [0.25, 0.3) is 0 Å². The molecule has 0 aromatic carbocycles. The van der Waals surface area contributed by atoms with E-state index in [4.69, 9.17) is 0 Å². The number of nitrogens with zero attached hydrogens (tertiary/aromatic N) is 1. The highest BCUT2D eigenvalue weighted by molar-refractivity contribution is 5.07. The first-order valence-electron chi connectivity index (χ1n) is 3.76. The zero-order valence-corrected chi connectivity index (χ0v) is 5.88. The second kappa shape index (κ2) is 1.84. The Hall–Kier alpha value is -0.300. The smallest absolute Gasteiger partial charge is 0.0286 e. The minimum absolute atomic E-state index is 0.906. The highest BCUT2D eigenvalue weighted by Gasteiger charge is 2.42. The Morgan fingerprint density at radius 3 is 3.11 bits per heavy atom. The van der Waals surface area contributed by atoms with E-state index < -0.39 is 0 Å². The molecule has 2 rings (SSSR count). The zero-order valence-electron chi connectivity index (χ0n) is 5.88. The van der Waals surface area contributed by atoms with Crippen molar-refractivity contribution in [1.29, 1.82) is 0 Å². The van der Waals surface area contributed by atoms with Crippen molar-refractivity contribution < 1.29 is 0 Å². The van der Waals surface area contributed by atoms with E-state index in [9.17, 15) is 0 Å². The van der Waals surface area contributed by atoms with Gasteiger partial charge in [0.05, 0.1) is 0 Å². The lowest BCUT2D eigenvalue weighted by Crippen LogP contribution is -1.92. The standard InChI is InChI=1S/C8H13N/c1-9-7-5-3-2-4-6-8(7)9/h2-3,7-8H,4-6H2,1H3. The van der Waals surface area contributed by atoms with Gasteiger partial charge in [0.15, 0.2) is 0 Å². The van der Waals surface area contributed by atoms with Crippen molar-refractivity contribution in [2.24, 2.45) is 0 Å². The Bertz CT molecular complexity index is 140. The normalized spacial score (nSPS) is 47.9. The van der Waals surface area contributed by atoms with Crippen molar-refractivity contribution in [2.75, 3.05) is 7.05 Å². The Labute approximate surface area is 56.4 Å². The predicted molar refractivity (Wildman–Crippen MR) is 38.3 cm³/mol. The van der Waals surface area contributed by atoms with E-state index in [2.05, 4.69) is 24.1 Å². The molecule has 0 aromatic heterocycles. The summed E-state index contributed by atoms with van der Waals surface area (Å²) in [6.07, 6.45) is 8.62. The van der Waals surface area contributed by atoms with Crippen molar-refractivity contribution in [2.45, 2.75) is 31.3 Å². The van der Waals surface area contributed by atoms with Crippen LogP contribution in [0.1, 0.15) is 19.3 Å². The lowest BCUT2D eigenvalue weighted by Gasteiger charge is -1.91. The largest absolute Gasteiger partial charge is 0.297 e. The van der Waals surface area contributed by atoms with Crippen molar-refractivity contribution in [3.63, 3.8) is 0 Å². The molecule has 0 bridgehead atoms. The molecule has 1 heterocycles. The van der Waals surface area contributed by atoms with Gasteiger partial charge in [-0.1, -0.05) is 12.2 Å². The average Bonchev–Trinajstić information content (AvgIpc) is 2.51. The maximum Gasteiger partial charge on any atom is 0.0286 e. The van der Waals surface area contributed by atoms with Crippen LogP contribution in [0, 0.1) is 0 Å². The van der Waals surface area contributed by atoms with Gasteiger partial charge in [-0.15, -0.1) is 0 Å². The first kappa shape index (κ1) is 5.48. The number of hydrogen-bond donors (Lipinski definition) is 0. The van der Waals surface area contributed by atoms with E-state index in [1.54, 1.807) is 0 Å². The van der Waals surface area contributed by atoms with Gasteiger partial charge in [-0.2, -0.15) is 0 Å². The molecule has 3 unspecified atom stereocenters. The molecule has 1 heteroatoms. The van der Waals surface area contributed by atoms with Crippen LogP contribution in [-0.4, -0.2) is 24.0 Å². The molecule has 1 saturated heterocycles. The fourth-order valence-electron chi connectivity index (χ4n) is 1.81. The minimum atomic E-state index is 0.906. The first-order chi connectivity index (χ1) is 4.39. The molecule has 1 nitrogen and oxygen atoms in total. The fraction of sp³-hybridized carbons (Fsp3) is 0.750. The first-order valence-corrected chi connectivity index (χ1v) is 3.76. The Kier molecular flexibility index (Phi) is 1.12. The Morgan fingerprint density at radius 2 is 2.22 bits per heavy atom. The molecule has 0 N–H and O–H groups in total.